The first-order valence-corrected chi connectivity index (χ1v) is 9.97. The molecule has 0 saturated heterocycles. The Kier molecular flexibility index (Phi) is 5.37. The van der Waals surface area contributed by atoms with Crippen LogP contribution < -0.4 is 5.32 Å². The number of carbonyl (C=O) groups is 1. The lowest BCUT2D eigenvalue weighted by atomic mass is 10.1. The second-order valence-corrected chi connectivity index (χ2v) is 8.36. The number of rotatable bonds is 3. The van der Waals surface area contributed by atoms with Crippen molar-refractivity contribution in [3.63, 3.8) is 0 Å². The van der Waals surface area contributed by atoms with Crippen molar-refractivity contribution in [2.45, 2.75) is 26.4 Å². The van der Waals surface area contributed by atoms with Crippen molar-refractivity contribution in [3.05, 3.63) is 71.9 Å². The first-order chi connectivity index (χ1) is 14.7. The lowest BCUT2D eigenvalue weighted by Gasteiger charge is -2.20. The molecule has 158 valence electrons. The Morgan fingerprint density at radius 2 is 1.94 bits per heavy atom. The molecule has 1 N–H and O–H groups in total. The van der Waals surface area contributed by atoms with Crippen LogP contribution in [0, 0.1) is 5.82 Å². The number of carbonyl (C=O) groups excluding carboxylic acids is 1. The normalized spacial score (nSPS) is 11.5. The highest BCUT2D eigenvalue weighted by Crippen LogP contribution is 2.30. The molecule has 0 saturated carbocycles. The van der Waals surface area contributed by atoms with E-state index >= 15 is 0 Å². The number of hydrogen-bond donors (Lipinski definition) is 1. The second-order valence-electron chi connectivity index (χ2n) is 7.95. The van der Waals surface area contributed by atoms with Crippen LogP contribution in [0.1, 0.15) is 20.8 Å². The van der Waals surface area contributed by atoms with E-state index in [1.54, 1.807) is 18.3 Å². The molecular weight excluding hydrogens is 419 g/mol. The summed E-state index contributed by atoms with van der Waals surface area (Å²) in [6, 6.07) is 13.6. The maximum Gasteiger partial charge on any atom is 0.418 e. The highest BCUT2D eigenvalue weighted by atomic mass is 35.5. The van der Waals surface area contributed by atoms with Crippen LogP contribution in [0.2, 0.25) is 5.02 Å². The van der Waals surface area contributed by atoms with Gasteiger partial charge in [0.25, 0.3) is 0 Å². The molecule has 4 aromatic rings. The first kappa shape index (κ1) is 20.8. The summed E-state index contributed by atoms with van der Waals surface area (Å²) in [5.74, 6) is 0.0369. The quantitative estimate of drug-likeness (QED) is 0.399. The monoisotopic (exact) mass is 438 g/mol. The Morgan fingerprint density at radius 3 is 2.68 bits per heavy atom. The Hall–Kier alpha value is -3.45. The van der Waals surface area contributed by atoms with Gasteiger partial charge < -0.3 is 10.1 Å². The Balaban J connectivity index is 1.74. The van der Waals surface area contributed by atoms with Crippen LogP contribution in [-0.2, 0) is 4.74 Å². The maximum atomic E-state index is 13.5. The summed E-state index contributed by atoms with van der Waals surface area (Å²) in [6.07, 6.45) is 2.64. The predicted octanol–water partition coefficient (Wildman–Crippen LogP) is 6.42. The number of hydrogen-bond acceptors (Lipinski definition) is 5. The van der Waals surface area contributed by atoms with E-state index < -0.39 is 17.5 Å². The maximum absolute atomic E-state index is 13.5. The molecule has 2 aromatic carbocycles. The Labute approximate surface area is 183 Å². The Morgan fingerprint density at radius 1 is 1.13 bits per heavy atom. The Bertz CT molecular complexity index is 1280. The molecule has 0 aliphatic carbocycles. The van der Waals surface area contributed by atoms with Crippen LogP contribution in [0.5, 0.6) is 0 Å². The molecule has 8 heteroatoms. The zero-order valence-electron chi connectivity index (χ0n) is 17.2. The lowest BCUT2D eigenvalue weighted by molar-refractivity contribution is 0.0540. The van der Waals surface area contributed by atoms with Gasteiger partial charge in [-0.05, 0) is 68.8 Å². The topological polar surface area (TPSA) is 69.0 Å². The van der Waals surface area contributed by atoms with Gasteiger partial charge in [-0.1, -0.05) is 17.7 Å². The fraction of sp³-hybridized carbons (Fsp3) is 0.174. The third kappa shape index (κ3) is 4.51. The number of halogens is 2. The van der Waals surface area contributed by atoms with E-state index in [0.29, 0.717) is 22.7 Å². The molecule has 0 spiro atoms. The van der Waals surface area contributed by atoms with Crippen molar-refractivity contribution >= 4 is 40.1 Å². The number of anilines is 2. The molecule has 0 aliphatic rings. The zero-order chi connectivity index (χ0) is 22.2. The molecule has 0 aliphatic heterocycles. The average molecular weight is 439 g/mol. The third-order valence-electron chi connectivity index (χ3n) is 4.45. The van der Waals surface area contributed by atoms with Gasteiger partial charge in [0, 0.05) is 17.3 Å². The summed E-state index contributed by atoms with van der Waals surface area (Å²) in [4.78, 5) is 21.2. The third-order valence-corrected chi connectivity index (χ3v) is 4.74. The molecule has 2 heterocycles. The van der Waals surface area contributed by atoms with E-state index in [-0.39, 0.29) is 5.02 Å². The van der Waals surface area contributed by atoms with Crippen molar-refractivity contribution in [2.75, 3.05) is 5.32 Å². The fourth-order valence-electron chi connectivity index (χ4n) is 3.11. The summed E-state index contributed by atoms with van der Waals surface area (Å²) < 4.78 is 20.4. The van der Waals surface area contributed by atoms with Gasteiger partial charge >= 0.3 is 6.09 Å². The molecule has 0 amide bonds. The molecule has 0 bridgehead atoms. The van der Waals surface area contributed by atoms with Gasteiger partial charge in [-0.25, -0.2) is 19.2 Å². The van der Waals surface area contributed by atoms with Gasteiger partial charge in [0.1, 0.15) is 23.6 Å². The fourth-order valence-corrected chi connectivity index (χ4v) is 3.29. The first-order valence-electron chi connectivity index (χ1n) is 9.59. The van der Waals surface area contributed by atoms with Crippen molar-refractivity contribution < 1.29 is 13.9 Å². The summed E-state index contributed by atoms with van der Waals surface area (Å²) in [5.41, 5.74) is 2.16. The van der Waals surface area contributed by atoms with Crippen LogP contribution in [0.3, 0.4) is 0 Å². The van der Waals surface area contributed by atoms with E-state index in [1.165, 1.54) is 23.0 Å². The summed E-state index contributed by atoms with van der Waals surface area (Å²) in [6.45, 7) is 5.46. The number of benzene rings is 2. The summed E-state index contributed by atoms with van der Waals surface area (Å²) in [5, 5.41) is 3.90. The number of nitrogens with one attached hydrogen (secondary N) is 1. The van der Waals surface area contributed by atoms with Crippen LogP contribution in [-0.4, -0.2) is 26.2 Å². The zero-order valence-corrected chi connectivity index (χ0v) is 17.9. The van der Waals surface area contributed by atoms with Gasteiger partial charge in [-0.2, -0.15) is 0 Å². The SMILES string of the molecule is CC(C)(C)OC(=O)n1cccc1-c1ccc2ncnc(Nc3ccc(F)c(Cl)c3)c2c1. The lowest BCUT2D eigenvalue weighted by Crippen LogP contribution is -2.27. The van der Waals surface area contributed by atoms with Gasteiger partial charge in [-0.15, -0.1) is 0 Å². The van der Waals surface area contributed by atoms with Crippen LogP contribution in [0.25, 0.3) is 22.2 Å². The molecule has 4 rings (SSSR count). The highest BCUT2D eigenvalue weighted by Gasteiger charge is 2.20. The second kappa shape index (κ2) is 8.00. The molecule has 31 heavy (non-hydrogen) atoms. The summed E-state index contributed by atoms with van der Waals surface area (Å²) in [7, 11) is 0. The van der Waals surface area contributed by atoms with E-state index in [1.807, 2.05) is 45.0 Å². The smallest absolute Gasteiger partial charge is 0.418 e. The van der Waals surface area contributed by atoms with Crippen molar-refractivity contribution in [1.82, 2.24) is 14.5 Å². The van der Waals surface area contributed by atoms with Gasteiger partial charge in [-0.3, -0.25) is 4.57 Å². The van der Waals surface area contributed by atoms with Crippen molar-refractivity contribution in [3.8, 4) is 11.3 Å². The average Bonchev–Trinajstić information content (AvgIpc) is 3.20. The minimum atomic E-state index is -0.608. The van der Waals surface area contributed by atoms with Crippen molar-refractivity contribution in [2.24, 2.45) is 0 Å². The van der Waals surface area contributed by atoms with E-state index in [9.17, 15) is 9.18 Å². The molecule has 0 radical (unpaired) electrons. The minimum Gasteiger partial charge on any atom is -0.443 e. The minimum absolute atomic E-state index is 0.0132. The summed E-state index contributed by atoms with van der Waals surface area (Å²) >= 11 is 5.89. The molecule has 0 fully saturated rings. The number of fused-ring (bicyclic) bond motifs is 1. The number of nitrogens with zero attached hydrogens (tertiary/aromatic N) is 3. The highest BCUT2D eigenvalue weighted by molar-refractivity contribution is 6.31. The van der Waals surface area contributed by atoms with Gasteiger partial charge in [0.15, 0.2) is 0 Å². The van der Waals surface area contributed by atoms with Crippen LogP contribution in [0.15, 0.2) is 61.1 Å². The van der Waals surface area contributed by atoms with E-state index in [4.69, 9.17) is 16.3 Å². The van der Waals surface area contributed by atoms with E-state index in [2.05, 4.69) is 15.3 Å². The van der Waals surface area contributed by atoms with E-state index in [0.717, 1.165) is 10.9 Å². The molecule has 6 nitrogen and oxygen atoms in total. The largest absolute Gasteiger partial charge is 0.443 e. The standard InChI is InChI=1S/C23H20ClFN4O2/c1-23(2,3)31-22(30)29-10-4-5-20(29)14-6-9-19-16(11-14)21(27-13-26-19)28-15-7-8-18(25)17(24)12-15/h4-13H,1-3H3,(H,26,27,28). The molecule has 0 unspecified atom stereocenters. The van der Waals surface area contributed by atoms with Gasteiger partial charge in [0.05, 0.1) is 16.2 Å². The van der Waals surface area contributed by atoms with Crippen molar-refractivity contribution in [1.29, 1.82) is 0 Å². The molecular formula is C23H20ClFN4O2. The van der Waals surface area contributed by atoms with Crippen LogP contribution >= 0.6 is 11.6 Å². The van der Waals surface area contributed by atoms with Crippen LogP contribution in [0.4, 0.5) is 20.7 Å². The molecule has 2 aromatic heterocycles. The number of aromatic nitrogens is 3. The molecule has 0 atom stereocenters. The van der Waals surface area contributed by atoms with Gasteiger partial charge in [0.2, 0.25) is 0 Å². The number of ether oxygens (including phenoxy) is 1. The predicted molar refractivity (Wildman–Crippen MR) is 119 cm³/mol.